The van der Waals surface area contributed by atoms with Crippen LogP contribution in [0, 0.1) is 0 Å². The molecule has 0 aliphatic rings. The van der Waals surface area contributed by atoms with Crippen LogP contribution in [0.2, 0.25) is 0 Å². The highest BCUT2D eigenvalue weighted by atomic mass is 16.5. The minimum absolute atomic E-state index is 0.147. The van der Waals surface area contributed by atoms with Crippen LogP contribution in [0.15, 0.2) is 66.7 Å². The van der Waals surface area contributed by atoms with Gasteiger partial charge in [-0.3, -0.25) is 4.79 Å². The molecule has 0 heterocycles. The van der Waals surface area contributed by atoms with E-state index in [1.807, 2.05) is 42.5 Å². The number of carbonyl (C=O) groups excluding carboxylic acids is 2. The van der Waals surface area contributed by atoms with Crippen molar-refractivity contribution in [1.82, 2.24) is 0 Å². The van der Waals surface area contributed by atoms with E-state index in [0.717, 1.165) is 16.3 Å². The molecule has 0 amide bonds. The summed E-state index contributed by atoms with van der Waals surface area (Å²) in [6.45, 7) is 1.44. The van der Waals surface area contributed by atoms with Gasteiger partial charge in [0.25, 0.3) is 0 Å². The summed E-state index contributed by atoms with van der Waals surface area (Å²) >= 11 is 0. The van der Waals surface area contributed by atoms with Crippen molar-refractivity contribution in [3.63, 3.8) is 0 Å². The molecule has 24 heavy (non-hydrogen) atoms. The van der Waals surface area contributed by atoms with Crippen molar-refractivity contribution in [2.75, 3.05) is 0 Å². The molecule has 0 N–H and O–H groups in total. The Morgan fingerprint density at radius 1 is 0.875 bits per heavy atom. The molecular formula is C20H16O4. The van der Waals surface area contributed by atoms with Crippen LogP contribution in [0.1, 0.15) is 22.8 Å². The molecule has 0 fully saturated rings. The lowest BCUT2D eigenvalue weighted by molar-refractivity contribution is -0.131. The van der Waals surface area contributed by atoms with Crippen molar-refractivity contribution < 1.29 is 19.1 Å². The summed E-state index contributed by atoms with van der Waals surface area (Å²) in [6, 6.07) is 20.3. The minimum atomic E-state index is -0.528. The van der Waals surface area contributed by atoms with Crippen LogP contribution < -0.4 is 4.74 Å². The number of ether oxygens (including phenoxy) is 2. The summed E-state index contributed by atoms with van der Waals surface area (Å²) in [6.07, 6.45) is 0. The van der Waals surface area contributed by atoms with Gasteiger partial charge < -0.3 is 9.47 Å². The number of hydrogen-bond acceptors (Lipinski definition) is 4. The first-order valence-electron chi connectivity index (χ1n) is 7.56. The minimum Gasteiger partial charge on any atom is -0.457 e. The Morgan fingerprint density at radius 2 is 1.58 bits per heavy atom. The number of fused-ring (bicyclic) bond motifs is 1. The summed E-state index contributed by atoms with van der Waals surface area (Å²) < 4.78 is 10.5. The Balaban J connectivity index is 1.80. The zero-order valence-electron chi connectivity index (χ0n) is 13.2. The van der Waals surface area contributed by atoms with Gasteiger partial charge in [-0.05, 0) is 28.5 Å². The van der Waals surface area contributed by atoms with E-state index in [9.17, 15) is 9.59 Å². The third kappa shape index (κ3) is 3.43. The van der Waals surface area contributed by atoms with Gasteiger partial charge in [0.05, 0.1) is 0 Å². The summed E-state index contributed by atoms with van der Waals surface area (Å²) in [4.78, 5) is 23.5. The molecule has 120 valence electrons. The molecule has 0 unspecified atom stereocenters. The van der Waals surface area contributed by atoms with E-state index in [1.54, 1.807) is 24.3 Å². The first-order valence-corrected chi connectivity index (χ1v) is 7.56. The Labute approximate surface area is 139 Å². The summed E-state index contributed by atoms with van der Waals surface area (Å²) in [5, 5.41) is 2.13. The molecule has 0 aromatic heterocycles. The lowest BCUT2D eigenvalue weighted by Crippen LogP contribution is -2.10. The van der Waals surface area contributed by atoms with E-state index in [1.165, 1.54) is 6.92 Å². The third-order valence-electron chi connectivity index (χ3n) is 3.60. The SMILES string of the molecule is CC(=O)Oc1ccccc1C(=O)OCc1cccc2ccccc12. The maximum Gasteiger partial charge on any atom is 0.342 e. The molecule has 3 rings (SSSR count). The van der Waals surface area contributed by atoms with Gasteiger partial charge in [0.2, 0.25) is 0 Å². The van der Waals surface area contributed by atoms with Crippen molar-refractivity contribution in [2.24, 2.45) is 0 Å². The van der Waals surface area contributed by atoms with Gasteiger partial charge in [-0.25, -0.2) is 4.79 Å². The second kappa shape index (κ2) is 6.96. The smallest absolute Gasteiger partial charge is 0.342 e. The largest absolute Gasteiger partial charge is 0.457 e. The van der Waals surface area contributed by atoms with Crippen molar-refractivity contribution in [3.8, 4) is 5.75 Å². The molecule has 0 saturated carbocycles. The summed E-state index contributed by atoms with van der Waals surface area (Å²) in [5.41, 5.74) is 1.15. The van der Waals surface area contributed by atoms with E-state index in [2.05, 4.69) is 0 Å². The second-order valence-electron chi connectivity index (χ2n) is 5.30. The number of hydrogen-bond donors (Lipinski definition) is 0. The number of esters is 2. The van der Waals surface area contributed by atoms with E-state index in [0.29, 0.717) is 0 Å². The molecular weight excluding hydrogens is 304 g/mol. The van der Waals surface area contributed by atoms with E-state index < -0.39 is 11.9 Å². The van der Waals surface area contributed by atoms with Gasteiger partial charge in [0, 0.05) is 6.92 Å². The Morgan fingerprint density at radius 3 is 2.42 bits per heavy atom. The fraction of sp³-hybridized carbons (Fsp3) is 0.100. The van der Waals surface area contributed by atoms with Crippen LogP contribution >= 0.6 is 0 Å². The van der Waals surface area contributed by atoms with Crippen LogP contribution in [0.25, 0.3) is 10.8 Å². The molecule has 0 spiro atoms. The monoisotopic (exact) mass is 320 g/mol. The van der Waals surface area contributed by atoms with E-state index in [4.69, 9.17) is 9.47 Å². The maximum atomic E-state index is 12.3. The van der Waals surface area contributed by atoms with Crippen LogP contribution in [0.5, 0.6) is 5.75 Å². The highest BCUT2D eigenvalue weighted by Gasteiger charge is 2.15. The average Bonchev–Trinajstić information content (AvgIpc) is 2.59. The van der Waals surface area contributed by atoms with Crippen LogP contribution in [0.4, 0.5) is 0 Å². The Kier molecular flexibility index (Phi) is 4.57. The third-order valence-corrected chi connectivity index (χ3v) is 3.60. The molecule has 4 heteroatoms. The van der Waals surface area contributed by atoms with Crippen molar-refractivity contribution in [2.45, 2.75) is 13.5 Å². The number of rotatable bonds is 4. The molecule has 4 nitrogen and oxygen atoms in total. The highest BCUT2D eigenvalue weighted by Crippen LogP contribution is 2.22. The fourth-order valence-corrected chi connectivity index (χ4v) is 2.52. The van der Waals surface area contributed by atoms with Crippen LogP contribution in [-0.2, 0) is 16.1 Å². The Hall–Kier alpha value is -3.14. The Bertz CT molecular complexity index is 894. The maximum absolute atomic E-state index is 12.3. The topological polar surface area (TPSA) is 52.6 Å². The first kappa shape index (κ1) is 15.7. The van der Waals surface area contributed by atoms with E-state index in [-0.39, 0.29) is 17.9 Å². The fourth-order valence-electron chi connectivity index (χ4n) is 2.52. The average molecular weight is 320 g/mol. The van der Waals surface area contributed by atoms with Gasteiger partial charge in [0.15, 0.2) is 0 Å². The van der Waals surface area contributed by atoms with Crippen molar-refractivity contribution >= 4 is 22.7 Å². The molecule has 3 aromatic rings. The molecule has 0 aliphatic carbocycles. The summed E-state index contributed by atoms with van der Waals surface area (Å²) in [7, 11) is 0. The molecule has 0 bridgehead atoms. The highest BCUT2D eigenvalue weighted by molar-refractivity contribution is 5.93. The number of para-hydroxylation sites is 1. The van der Waals surface area contributed by atoms with Crippen LogP contribution in [0.3, 0.4) is 0 Å². The molecule has 0 atom stereocenters. The number of carbonyl (C=O) groups is 2. The quantitative estimate of drug-likeness (QED) is 0.536. The number of benzene rings is 3. The van der Waals surface area contributed by atoms with Gasteiger partial charge >= 0.3 is 11.9 Å². The molecule has 0 aliphatic heterocycles. The van der Waals surface area contributed by atoms with Crippen LogP contribution in [-0.4, -0.2) is 11.9 Å². The van der Waals surface area contributed by atoms with Crippen molar-refractivity contribution in [1.29, 1.82) is 0 Å². The lowest BCUT2D eigenvalue weighted by atomic mass is 10.1. The van der Waals surface area contributed by atoms with Gasteiger partial charge in [-0.15, -0.1) is 0 Å². The molecule has 0 saturated heterocycles. The second-order valence-corrected chi connectivity index (χ2v) is 5.30. The predicted octanol–water partition coefficient (Wildman–Crippen LogP) is 4.12. The molecule has 0 radical (unpaired) electrons. The normalized spacial score (nSPS) is 10.4. The van der Waals surface area contributed by atoms with Gasteiger partial charge in [0.1, 0.15) is 17.9 Å². The molecule has 3 aromatic carbocycles. The summed E-state index contributed by atoms with van der Waals surface area (Å²) in [5.74, 6) is -0.808. The standard InChI is InChI=1S/C20H16O4/c1-14(21)24-19-12-5-4-11-18(19)20(22)23-13-16-9-6-8-15-7-2-3-10-17(15)16/h2-12H,13H2,1H3. The first-order chi connectivity index (χ1) is 11.6. The zero-order chi connectivity index (χ0) is 16.9. The predicted molar refractivity (Wildman–Crippen MR) is 90.8 cm³/mol. The van der Waals surface area contributed by atoms with Gasteiger partial charge in [-0.2, -0.15) is 0 Å². The van der Waals surface area contributed by atoms with E-state index >= 15 is 0 Å². The zero-order valence-corrected chi connectivity index (χ0v) is 13.2. The van der Waals surface area contributed by atoms with Crippen molar-refractivity contribution in [3.05, 3.63) is 77.9 Å². The lowest BCUT2D eigenvalue weighted by Gasteiger charge is -2.10. The van der Waals surface area contributed by atoms with Gasteiger partial charge in [-0.1, -0.05) is 54.6 Å².